The van der Waals surface area contributed by atoms with Crippen molar-refractivity contribution < 1.29 is 14.5 Å². The van der Waals surface area contributed by atoms with Crippen LogP contribution in [0.1, 0.15) is 30.5 Å². The molecule has 7 heteroatoms. The lowest BCUT2D eigenvalue weighted by Crippen LogP contribution is -2.35. The zero-order chi connectivity index (χ0) is 21.3. The Balaban J connectivity index is 2.07. The lowest BCUT2D eigenvalue weighted by Gasteiger charge is -2.17. The summed E-state index contributed by atoms with van der Waals surface area (Å²) in [5, 5.41) is 14.1. The molecule has 2 aromatic carbocycles. The minimum Gasteiger partial charge on any atom is -0.350 e. The van der Waals surface area contributed by atoms with Crippen molar-refractivity contribution in [3.63, 3.8) is 0 Å². The number of hydrogen-bond donors (Lipinski definition) is 1. The van der Waals surface area contributed by atoms with Gasteiger partial charge in [-0.1, -0.05) is 19.9 Å². The fourth-order valence-electron chi connectivity index (χ4n) is 3.20. The number of nitrogens with zero attached hydrogens (tertiary/aromatic N) is 2. The van der Waals surface area contributed by atoms with Crippen molar-refractivity contribution in [1.29, 1.82) is 0 Å². The van der Waals surface area contributed by atoms with Gasteiger partial charge >= 0.3 is 0 Å². The molecule has 2 amide bonds. The summed E-state index contributed by atoms with van der Waals surface area (Å²) in [4.78, 5) is 37.8. The Morgan fingerprint density at radius 1 is 1.00 bits per heavy atom. The molecule has 29 heavy (non-hydrogen) atoms. The number of benzene rings is 2. The second-order valence-electron chi connectivity index (χ2n) is 7.59. The van der Waals surface area contributed by atoms with Crippen molar-refractivity contribution >= 4 is 28.8 Å². The summed E-state index contributed by atoms with van der Waals surface area (Å²) >= 11 is 0. The molecule has 0 bridgehead atoms. The summed E-state index contributed by atoms with van der Waals surface area (Å²) in [6.45, 7) is 8.13. The van der Waals surface area contributed by atoms with Gasteiger partial charge in [0.1, 0.15) is 5.70 Å². The molecule has 0 spiro atoms. The minimum absolute atomic E-state index is 0.0752. The summed E-state index contributed by atoms with van der Waals surface area (Å²) in [7, 11) is 0. The van der Waals surface area contributed by atoms with Gasteiger partial charge < -0.3 is 5.32 Å². The molecule has 1 aliphatic heterocycles. The topological polar surface area (TPSA) is 92.6 Å². The Kier molecular flexibility index (Phi) is 5.50. The number of non-ortho nitro benzene ring substituents is 1. The van der Waals surface area contributed by atoms with Gasteiger partial charge in [0.2, 0.25) is 0 Å². The third kappa shape index (κ3) is 4.03. The van der Waals surface area contributed by atoms with Gasteiger partial charge in [0, 0.05) is 24.4 Å². The second kappa shape index (κ2) is 7.87. The van der Waals surface area contributed by atoms with E-state index in [-0.39, 0.29) is 22.9 Å². The number of carbonyl (C=O) groups excluding carboxylic acids is 2. The number of imide groups is 1. The maximum absolute atomic E-state index is 13.1. The van der Waals surface area contributed by atoms with Gasteiger partial charge in [-0.2, -0.15) is 0 Å². The molecule has 0 radical (unpaired) electrons. The van der Waals surface area contributed by atoms with Crippen LogP contribution in [0.25, 0.3) is 5.57 Å². The number of aryl methyl sites for hydroxylation is 2. The van der Waals surface area contributed by atoms with Crippen molar-refractivity contribution in [3.8, 4) is 0 Å². The summed E-state index contributed by atoms with van der Waals surface area (Å²) in [6.07, 6.45) is 0. The Bertz CT molecular complexity index is 1020. The third-order valence-electron chi connectivity index (χ3n) is 4.86. The maximum Gasteiger partial charge on any atom is 0.278 e. The van der Waals surface area contributed by atoms with Crippen LogP contribution in [0.15, 0.2) is 48.2 Å². The van der Waals surface area contributed by atoms with Crippen LogP contribution in [0.5, 0.6) is 0 Å². The van der Waals surface area contributed by atoms with E-state index in [0.717, 1.165) is 11.1 Å². The van der Waals surface area contributed by atoms with Crippen molar-refractivity contribution in [3.05, 3.63) is 75.0 Å². The average Bonchev–Trinajstić information content (AvgIpc) is 2.89. The number of rotatable bonds is 6. The van der Waals surface area contributed by atoms with E-state index >= 15 is 0 Å². The minimum atomic E-state index is -0.501. The van der Waals surface area contributed by atoms with E-state index in [1.54, 1.807) is 0 Å². The van der Waals surface area contributed by atoms with Crippen LogP contribution >= 0.6 is 0 Å². The highest BCUT2D eigenvalue weighted by molar-refractivity contribution is 6.36. The van der Waals surface area contributed by atoms with Crippen LogP contribution in [-0.2, 0) is 9.59 Å². The van der Waals surface area contributed by atoms with E-state index in [1.165, 1.54) is 29.2 Å². The van der Waals surface area contributed by atoms with Gasteiger partial charge in [0.15, 0.2) is 0 Å². The SMILES string of the molecule is Cc1ccc(NC2=C(c3ccc([N+](=O)[O-])cc3)C(=O)N(CC(C)C)C2=O)cc1C. The monoisotopic (exact) mass is 393 g/mol. The quantitative estimate of drug-likeness (QED) is 0.454. The van der Waals surface area contributed by atoms with E-state index in [9.17, 15) is 19.7 Å². The molecule has 7 nitrogen and oxygen atoms in total. The van der Waals surface area contributed by atoms with Gasteiger partial charge in [-0.3, -0.25) is 24.6 Å². The fourth-order valence-corrected chi connectivity index (χ4v) is 3.20. The van der Waals surface area contributed by atoms with Crippen molar-refractivity contribution in [1.82, 2.24) is 4.90 Å². The number of anilines is 1. The Morgan fingerprint density at radius 3 is 2.21 bits per heavy atom. The van der Waals surface area contributed by atoms with Crippen molar-refractivity contribution in [2.45, 2.75) is 27.7 Å². The Labute approximate surface area is 169 Å². The largest absolute Gasteiger partial charge is 0.350 e. The first-order chi connectivity index (χ1) is 13.7. The molecule has 1 heterocycles. The third-order valence-corrected chi connectivity index (χ3v) is 4.86. The maximum atomic E-state index is 13.1. The predicted octanol–water partition coefficient (Wildman–Crippen LogP) is 4.06. The highest BCUT2D eigenvalue weighted by atomic mass is 16.6. The lowest BCUT2D eigenvalue weighted by molar-refractivity contribution is -0.384. The molecule has 3 rings (SSSR count). The van der Waals surface area contributed by atoms with E-state index in [1.807, 2.05) is 45.9 Å². The van der Waals surface area contributed by atoms with Crippen LogP contribution in [0.4, 0.5) is 11.4 Å². The number of amides is 2. The lowest BCUT2D eigenvalue weighted by atomic mass is 10.0. The van der Waals surface area contributed by atoms with Crippen LogP contribution in [0, 0.1) is 29.9 Å². The zero-order valence-corrected chi connectivity index (χ0v) is 16.9. The van der Waals surface area contributed by atoms with Crippen LogP contribution in [0.2, 0.25) is 0 Å². The van der Waals surface area contributed by atoms with E-state index in [2.05, 4.69) is 5.32 Å². The van der Waals surface area contributed by atoms with Gasteiger partial charge in [-0.25, -0.2) is 0 Å². The number of carbonyl (C=O) groups is 2. The molecular formula is C22H23N3O4. The molecule has 0 aromatic heterocycles. The zero-order valence-electron chi connectivity index (χ0n) is 16.9. The first kappa shape index (κ1) is 20.3. The predicted molar refractivity (Wildman–Crippen MR) is 111 cm³/mol. The van der Waals surface area contributed by atoms with E-state index in [0.29, 0.717) is 17.8 Å². The molecule has 0 atom stereocenters. The van der Waals surface area contributed by atoms with E-state index in [4.69, 9.17) is 0 Å². The standard InChI is InChI=1S/C22H23N3O4/c1-13(2)12-24-21(26)19(16-6-9-18(10-7-16)25(28)29)20(22(24)27)23-17-8-5-14(3)15(4)11-17/h5-11,13,23H,12H2,1-4H3. The number of nitrogens with one attached hydrogen (secondary N) is 1. The normalized spacial score (nSPS) is 14.2. The molecule has 150 valence electrons. The summed E-state index contributed by atoms with van der Waals surface area (Å²) in [5.41, 5.74) is 3.69. The molecule has 1 aliphatic rings. The summed E-state index contributed by atoms with van der Waals surface area (Å²) in [5.74, 6) is -0.679. The fraction of sp³-hybridized carbons (Fsp3) is 0.273. The molecule has 0 saturated heterocycles. The van der Waals surface area contributed by atoms with Gasteiger partial charge in [0.25, 0.3) is 17.5 Å². The number of nitro groups is 1. The Morgan fingerprint density at radius 2 is 1.66 bits per heavy atom. The summed E-state index contributed by atoms with van der Waals surface area (Å²) < 4.78 is 0. The van der Waals surface area contributed by atoms with Gasteiger partial charge in [-0.15, -0.1) is 0 Å². The van der Waals surface area contributed by atoms with Crippen molar-refractivity contribution in [2.75, 3.05) is 11.9 Å². The number of nitro benzene ring substituents is 1. The molecule has 0 saturated carbocycles. The van der Waals surface area contributed by atoms with Crippen LogP contribution in [-0.4, -0.2) is 28.2 Å². The molecule has 2 aromatic rings. The molecular weight excluding hydrogens is 370 g/mol. The second-order valence-corrected chi connectivity index (χ2v) is 7.59. The van der Waals surface area contributed by atoms with Crippen LogP contribution < -0.4 is 5.32 Å². The average molecular weight is 393 g/mol. The summed E-state index contributed by atoms with van der Waals surface area (Å²) in [6, 6.07) is 11.4. The highest BCUT2D eigenvalue weighted by Gasteiger charge is 2.39. The van der Waals surface area contributed by atoms with Gasteiger partial charge in [-0.05, 0) is 60.7 Å². The molecule has 0 fully saturated rings. The number of hydrogen-bond acceptors (Lipinski definition) is 5. The van der Waals surface area contributed by atoms with Crippen molar-refractivity contribution in [2.24, 2.45) is 5.92 Å². The van der Waals surface area contributed by atoms with Gasteiger partial charge in [0.05, 0.1) is 10.5 Å². The molecule has 1 N–H and O–H groups in total. The first-order valence-corrected chi connectivity index (χ1v) is 9.38. The Hall–Kier alpha value is -3.48. The highest BCUT2D eigenvalue weighted by Crippen LogP contribution is 2.32. The molecule has 0 aliphatic carbocycles. The smallest absolute Gasteiger partial charge is 0.278 e. The first-order valence-electron chi connectivity index (χ1n) is 9.38. The van der Waals surface area contributed by atoms with E-state index < -0.39 is 16.7 Å². The van der Waals surface area contributed by atoms with Crippen LogP contribution in [0.3, 0.4) is 0 Å². The molecule has 0 unspecified atom stereocenters.